The summed E-state index contributed by atoms with van der Waals surface area (Å²) < 4.78 is 16.1. The number of nitrogens with one attached hydrogen (secondary N) is 2. The first-order chi connectivity index (χ1) is 12.1. The van der Waals surface area contributed by atoms with Gasteiger partial charge in [0.15, 0.2) is 11.5 Å². The molecule has 0 saturated carbocycles. The molecule has 7 heteroatoms. The highest BCUT2D eigenvalue weighted by atomic mass is 35.5. The number of hydrogen-bond acceptors (Lipinski definition) is 5. The first-order valence-electron chi connectivity index (χ1n) is 8.86. The highest BCUT2D eigenvalue weighted by Crippen LogP contribution is 2.39. The van der Waals surface area contributed by atoms with Crippen molar-refractivity contribution in [2.75, 3.05) is 34.4 Å². The Bertz CT molecular complexity index is 577. The largest absolute Gasteiger partial charge is 0.493 e. The maximum absolute atomic E-state index is 12.3. The van der Waals surface area contributed by atoms with E-state index in [2.05, 4.69) is 17.6 Å². The van der Waals surface area contributed by atoms with E-state index >= 15 is 0 Å². The van der Waals surface area contributed by atoms with E-state index in [-0.39, 0.29) is 18.3 Å². The fraction of sp³-hybridized carbons (Fsp3) is 0.632. The number of amides is 1. The number of carbonyl (C=O) groups is 1. The maximum Gasteiger partial charge on any atom is 0.220 e. The predicted molar refractivity (Wildman–Crippen MR) is 105 cm³/mol. The van der Waals surface area contributed by atoms with Crippen LogP contribution < -0.4 is 24.8 Å². The Balaban J connectivity index is 0.00000338. The molecule has 2 rings (SSSR count). The summed E-state index contributed by atoms with van der Waals surface area (Å²) in [7, 11) is 4.74. The first kappa shape index (κ1) is 22.4. The highest BCUT2D eigenvalue weighted by molar-refractivity contribution is 5.85. The standard InChI is InChI=1S/C19H30N2O4.ClH/c1-13(14-7-9-20-10-8-14)11-17(22)21-12-15-5-6-16(23-2)19(25-4)18(15)24-3;/h5-6,13-14,20H,7-12H2,1-4H3,(H,21,22);1H. The Morgan fingerprint density at radius 1 is 1.15 bits per heavy atom. The van der Waals surface area contributed by atoms with Gasteiger partial charge in [0.25, 0.3) is 0 Å². The number of methoxy groups -OCH3 is 3. The molecule has 1 atom stereocenters. The van der Waals surface area contributed by atoms with Crippen LogP contribution in [0.25, 0.3) is 0 Å². The monoisotopic (exact) mass is 386 g/mol. The lowest BCUT2D eigenvalue weighted by Crippen LogP contribution is -2.33. The van der Waals surface area contributed by atoms with Crippen LogP contribution >= 0.6 is 12.4 Å². The number of rotatable bonds is 8. The Hall–Kier alpha value is -1.66. The normalized spacial score (nSPS) is 15.5. The molecule has 6 nitrogen and oxygen atoms in total. The molecule has 0 aliphatic carbocycles. The van der Waals surface area contributed by atoms with Gasteiger partial charge in [-0.3, -0.25) is 4.79 Å². The third-order valence-corrected chi connectivity index (χ3v) is 4.96. The second-order valence-corrected chi connectivity index (χ2v) is 6.54. The Kier molecular flexibility index (Phi) is 9.59. The van der Waals surface area contributed by atoms with Gasteiger partial charge in [0.2, 0.25) is 11.7 Å². The van der Waals surface area contributed by atoms with Crippen molar-refractivity contribution in [2.45, 2.75) is 32.7 Å². The molecule has 148 valence electrons. The van der Waals surface area contributed by atoms with Crippen molar-refractivity contribution in [1.82, 2.24) is 10.6 Å². The fourth-order valence-electron chi connectivity index (χ4n) is 3.44. The average molecular weight is 387 g/mol. The van der Waals surface area contributed by atoms with E-state index in [9.17, 15) is 4.79 Å². The average Bonchev–Trinajstić information content (AvgIpc) is 2.65. The third-order valence-electron chi connectivity index (χ3n) is 4.96. The molecule has 0 aromatic heterocycles. The Labute approximate surface area is 162 Å². The molecule has 2 N–H and O–H groups in total. The van der Waals surface area contributed by atoms with Crippen LogP contribution in [0.4, 0.5) is 0 Å². The smallest absolute Gasteiger partial charge is 0.220 e. The molecular formula is C19H31ClN2O4. The van der Waals surface area contributed by atoms with E-state index < -0.39 is 0 Å². The van der Waals surface area contributed by atoms with Crippen molar-refractivity contribution in [2.24, 2.45) is 11.8 Å². The van der Waals surface area contributed by atoms with Crippen LogP contribution in [0, 0.1) is 11.8 Å². The van der Waals surface area contributed by atoms with Gasteiger partial charge in [0, 0.05) is 18.5 Å². The Morgan fingerprint density at radius 2 is 1.81 bits per heavy atom. The molecule has 1 aromatic carbocycles. The van der Waals surface area contributed by atoms with Crippen LogP contribution in [0.3, 0.4) is 0 Å². The van der Waals surface area contributed by atoms with Gasteiger partial charge >= 0.3 is 0 Å². The van der Waals surface area contributed by atoms with Gasteiger partial charge in [0.1, 0.15) is 0 Å². The van der Waals surface area contributed by atoms with Gasteiger partial charge in [0.05, 0.1) is 21.3 Å². The van der Waals surface area contributed by atoms with E-state index in [1.165, 1.54) is 0 Å². The zero-order chi connectivity index (χ0) is 18.2. The molecule has 0 radical (unpaired) electrons. The molecule has 1 unspecified atom stereocenters. The molecule has 1 aliphatic heterocycles. The van der Waals surface area contributed by atoms with Crippen molar-refractivity contribution in [3.63, 3.8) is 0 Å². The lowest BCUT2D eigenvalue weighted by atomic mass is 9.84. The van der Waals surface area contributed by atoms with Crippen molar-refractivity contribution in [1.29, 1.82) is 0 Å². The molecule has 0 spiro atoms. The minimum atomic E-state index is 0. The number of benzene rings is 1. The molecule has 1 amide bonds. The summed E-state index contributed by atoms with van der Waals surface area (Å²) in [5, 5.41) is 6.37. The number of ether oxygens (including phenoxy) is 3. The van der Waals surface area contributed by atoms with Gasteiger partial charge < -0.3 is 24.8 Å². The van der Waals surface area contributed by atoms with E-state index in [4.69, 9.17) is 14.2 Å². The van der Waals surface area contributed by atoms with Gasteiger partial charge in [-0.25, -0.2) is 0 Å². The van der Waals surface area contributed by atoms with E-state index in [0.717, 1.165) is 31.5 Å². The summed E-state index contributed by atoms with van der Waals surface area (Å²) >= 11 is 0. The molecular weight excluding hydrogens is 356 g/mol. The summed E-state index contributed by atoms with van der Waals surface area (Å²) in [6.07, 6.45) is 2.86. The third kappa shape index (κ3) is 5.68. The Morgan fingerprint density at radius 3 is 2.38 bits per heavy atom. The van der Waals surface area contributed by atoms with E-state index in [1.54, 1.807) is 21.3 Å². The summed E-state index contributed by atoms with van der Waals surface area (Å²) in [5.74, 6) is 2.84. The van der Waals surface area contributed by atoms with Crippen LogP contribution in [0.1, 0.15) is 31.7 Å². The predicted octanol–water partition coefficient (Wildman–Crippen LogP) is 2.78. The molecule has 1 aliphatic rings. The molecule has 1 heterocycles. The van der Waals surface area contributed by atoms with Crippen LogP contribution in [0.15, 0.2) is 12.1 Å². The van der Waals surface area contributed by atoms with Crippen molar-refractivity contribution in [3.8, 4) is 17.2 Å². The number of halogens is 1. The summed E-state index contributed by atoms with van der Waals surface area (Å²) in [4.78, 5) is 12.3. The first-order valence-corrected chi connectivity index (χ1v) is 8.86. The van der Waals surface area contributed by atoms with Crippen molar-refractivity contribution >= 4 is 18.3 Å². The zero-order valence-electron chi connectivity index (χ0n) is 16.1. The lowest BCUT2D eigenvalue weighted by molar-refractivity contribution is -0.122. The second-order valence-electron chi connectivity index (χ2n) is 6.54. The number of piperidine rings is 1. The maximum atomic E-state index is 12.3. The molecule has 26 heavy (non-hydrogen) atoms. The fourth-order valence-corrected chi connectivity index (χ4v) is 3.44. The van der Waals surface area contributed by atoms with Crippen molar-refractivity contribution in [3.05, 3.63) is 17.7 Å². The minimum absolute atomic E-state index is 0. The number of carbonyl (C=O) groups excluding carboxylic acids is 1. The molecule has 1 aromatic rings. The van der Waals surface area contributed by atoms with Gasteiger partial charge in [-0.1, -0.05) is 6.92 Å². The van der Waals surface area contributed by atoms with Gasteiger partial charge in [-0.15, -0.1) is 12.4 Å². The van der Waals surface area contributed by atoms with Gasteiger partial charge in [-0.2, -0.15) is 0 Å². The van der Waals surface area contributed by atoms with Crippen LogP contribution in [0.5, 0.6) is 17.2 Å². The van der Waals surface area contributed by atoms with E-state index in [0.29, 0.717) is 42.0 Å². The topological polar surface area (TPSA) is 68.8 Å². The van der Waals surface area contributed by atoms with E-state index in [1.807, 2.05) is 12.1 Å². The minimum Gasteiger partial charge on any atom is -0.493 e. The molecule has 1 saturated heterocycles. The zero-order valence-corrected chi connectivity index (χ0v) is 16.9. The lowest BCUT2D eigenvalue weighted by Gasteiger charge is -2.27. The van der Waals surface area contributed by atoms with Crippen LogP contribution in [-0.2, 0) is 11.3 Å². The number of hydrogen-bond donors (Lipinski definition) is 2. The molecule has 0 bridgehead atoms. The molecule has 1 fully saturated rings. The summed E-state index contributed by atoms with van der Waals surface area (Å²) in [6, 6.07) is 3.71. The quantitative estimate of drug-likeness (QED) is 0.719. The summed E-state index contributed by atoms with van der Waals surface area (Å²) in [5.41, 5.74) is 0.864. The SMILES string of the molecule is COc1ccc(CNC(=O)CC(C)C2CCNCC2)c(OC)c1OC.Cl. The van der Waals surface area contributed by atoms with Crippen LogP contribution in [-0.4, -0.2) is 40.3 Å². The van der Waals surface area contributed by atoms with Gasteiger partial charge in [-0.05, 0) is 49.9 Å². The second kappa shape index (κ2) is 11.1. The van der Waals surface area contributed by atoms with Crippen molar-refractivity contribution < 1.29 is 19.0 Å². The summed E-state index contributed by atoms with van der Waals surface area (Å²) in [6.45, 7) is 4.69. The highest BCUT2D eigenvalue weighted by Gasteiger charge is 2.22. The van der Waals surface area contributed by atoms with Crippen LogP contribution in [0.2, 0.25) is 0 Å².